The van der Waals surface area contributed by atoms with Crippen molar-refractivity contribution in [2.24, 2.45) is 5.92 Å². The Morgan fingerprint density at radius 1 is 1.09 bits per heavy atom. The Morgan fingerprint density at radius 3 is 2.59 bits per heavy atom. The number of nitrogens with zero attached hydrogens (tertiary/aromatic N) is 1. The maximum Gasteiger partial charge on any atom is 0.243 e. The van der Waals surface area contributed by atoms with Crippen molar-refractivity contribution in [3.8, 4) is 5.75 Å². The zero-order valence-electron chi connectivity index (χ0n) is 17.1. The average molecular weight is 454 g/mol. The number of halogens is 2. The van der Waals surface area contributed by atoms with Crippen LogP contribution in [0.5, 0.6) is 5.75 Å². The molecule has 2 amide bonds. The van der Waals surface area contributed by atoms with Gasteiger partial charge in [0.1, 0.15) is 18.2 Å². The molecule has 0 saturated carbocycles. The number of hydrogen-bond acceptors (Lipinski definition) is 4. The van der Waals surface area contributed by atoms with Gasteiger partial charge in [-0.2, -0.15) is 0 Å². The molecule has 1 fully saturated rings. The smallest absolute Gasteiger partial charge is 0.243 e. The molecule has 3 aromatic carbocycles. The molecule has 1 heterocycles. The molecule has 0 aromatic heterocycles. The van der Waals surface area contributed by atoms with Crippen LogP contribution in [0.15, 0.2) is 72.8 Å². The predicted molar refractivity (Wildman–Crippen MR) is 121 cm³/mol. The van der Waals surface area contributed by atoms with Gasteiger partial charge in [-0.05, 0) is 54.1 Å². The Bertz CT molecular complexity index is 1110. The molecule has 0 aliphatic carbocycles. The number of carbonyl (C=O) groups excluding carboxylic acids is 2. The standard InChI is InChI=1S/C24H21ClFN3O3/c25-18-6-10-21(11-7-18)29-14-17(12-23(29)30)24(31)28-27-20-2-1-3-22(13-20)32-15-16-4-8-19(26)9-5-16/h1-11,13,17,27H,12,14-15H2,(H,28,31)/t17-/m0/s1. The summed E-state index contributed by atoms with van der Waals surface area (Å²) >= 11 is 5.90. The highest BCUT2D eigenvalue weighted by atomic mass is 35.5. The van der Waals surface area contributed by atoms with E-state index in [4.69, 9.17) is 16.3 Å². The summed E-state index contributed by atoms with van der Waals surface area (Å²) in [4.78, 5) is 26.5. The van der Waals surface area contributed by atoms with Crippen molar-refractivity contribution in [3.05, 3.63) is 89.2 Å². The van der Waals surface area contributed by atoms with Crippen molar-refractivity contribution in [2.45, 2.75) is 13.0 Å². The zero-order valence-corrected chi connectivity index (χ0v) is 17.8. The van der Waals surface area contributed by atoms with Crippen LogP contribution in [0.3, 0.4) is 0 Å². The first-order valence-corrected chi connectivity index (χ1v) is 10.4. The normalized spacial score (nSPS) is 15.5. The van der Waals surface area contributed by atoms with Crippen molar-refractivity contribution in [1.82, 2.24) is 5.43 Å². The number of benzene rings is 3. The van der Waals surface area contributed by atoms with E-state index in [-0.39, 0.29) is 24.1 Å². The minimum absolute atomic E-state index is 0.108. The van der Waals surface area contributed by atoms with Crippen LogP contribution in [0.4, 0.5) is 15.8 Å². The van der Waals surface area contributed by atoms with Crippen LogP contribution in [-0.2, 0) is 16.2 Å². The molecule has 1 atom stereocenters. The van der Waals surface area contributed by atoms with E-state index >= 15 is 0 Å². The Hall–Kier alpha value is -3.58. The zero-order chi connectivity index (χ0) is 22.5. The summed E-state index contributed by atoms with van der Waals surface area (Å²) in [6, 6.07) is 20.1. The molecule has 1 saturated heterocycles. The number of anilines is 2. The second-order valence-corrected chi connectivity index (χ2v) is 7.88. The summed E-state index contributed by atoms with van der Waals surface area (Å²) in [6.07, 6.45) is 0.136. The van der Waals surface area contributed by atoms with Gasteiger partial charge in [-0.15, -0.1) is 0 Å². The summed E-state index contributed by atoms with van der Waals surface area (Å²) in [5.74, 6) is -0.547. The fourth-order valence-corrected chi connectivity index (χ4v) is 3.53. The molecule has 2 N–H and O–H groups in total. The van der Waals surface area contributed by atoms with E-state index in [0.29, 0.717) is 35.3 Å². The van der Waals surface area contributed by atoms with Crippen molar-refractivity contribution in [2.75, 3.05) is 16.9 Å². The number of hydrogen-bond donors (Lipinski definition) is 2. The molecule has 164 valence electrons. The van der Waals surface area contributed by atoms with Crippen LogP contribution in [0.25, 0.3) is 0 Å². The number of hydrazine groups is 1. The third kappa shape index (κ3) is 5.36. The van der Waals surface area contributed by atoms with Crippen molar-refractivity contribution >= 4 is 34.8 Å². The first kappa shape index (κ1) is 21.6. The quantitative estimate of drug-likeness (QED) is 0.515. The lowest BCUT2D eigenvalue weighted by Gasteiger charge is -2.17. The molecule has 0 spiro atoms. The van der Waals surface area contributed by atoms with E-state index in [1.807, 2.05) is 0 Å². The van der Waals surface area contributed by atoms with Gasteiger partial charge in [0.15, 0.2) is 0 Å². The lowest BCUT2D eigenvalue weighted by atomic mass is 10.1. The fourth-order valence-electron chi connectivity index (χ4n) is 3.40. The van der Waals surface area contributed by atoms with Gasteiger partial charge in [0, 0.05) is 29.7 Å². The summed E-state index contributed by atoms with van der Waals surface area (Å²) in [7, 11) is 0. The summed E-state index contributed by atoms with van der Waals surface area (Å²) in [6.45, 7) is 0.593. The lowest BCUT2D eigenvalue weighted by molar-refractivity contribution is -0.125. The molecule has 4 rings (SSSR count). The molecule has 32 heavy (non-hydrogen) atoms. The molecular formula is C24H21ClFN3O3. The Balaban J connectivity index is 1.30. The highest BCUT2D eigenvalue weighted by molar-refractivity contribution is 6.30. The Kier molecular flexibility index (Phi) is 6.56. The molecule has 3 aromatic rings. The summed E-state index contributed by atoms with van der Waals surface area (Å²) in [5.41, 5.74) is 7.72. The third-order valence-electron chi connectivity index (χ3n) is 5.12. The van der Waals surface area contributed by atoms with Gasteiger partial charge in [0.2, 0.25) is 11.8 Å². The summed E-state index contributed by atoms with van der Waals surface area (Å²) < 4.78 is 18.7. The van der Waals surface area contributed by atoms with Gasteiger partial charge >= 0.3 is 0 Å². The summed E-state index contributed by atoms with van der Waals surface area (Å²) in [5, 5.41) is 0.586. The minimum Gasteiger partial charge on any atom is -0.489 e. The lowest BCUT2D eigenvalue weighted by Crippen LogP contribution is -2.36. The molecular weight excluding hydrogens is 433 g/mol. The molecule has 0 bridgehead atoms. The van der Waals surface area contributed by atoms with E-state index < -0.39 is 5.92 Å². The van der Waals surface area contributed by atoms with E-state index in [2.05, 4.69) is 10.9 Å². The van der Waals surface area contributed by atoms with Gasteiger partial charge in [-0.25, -0.2) is 4.39 Å². The van der Waals surface area contributed by atoms with Gasteiger partial charge in [0.05, 0.1) is 11.6 Å². The number of carbonyl (C=O) groups is 2. The molecule has 0 radical (unpaired) electrons. The number of nitrogens with one attached hydrogen (secondary N) is 2. The minimum atomic E-state index is -0.469. The highest BCUT2D eigenvalue weighted by Crippen LogP contribution is 2.26. The van der Waals surface area contributed by atoms with Gasteiger partial charge in [0.25, 0.3) is 0 Å². The van der Waals surface area contributed by atoms with Crippen LogP contribution in [0, 0.1) is 11.7 Å². The maximum absolute atomic E-state index is 13.0. The second kappa shape index (κ2) is 9.70. The molecule has 6 nitrogen and oxygen atoms in total. The largest absolute Gasteiger partial charge is 0.489 e. The van der Waals surface area contributed by atoms with Crippen LogP contribution >= 0.6 is 11.6 Å². The van der Waals surface area contributed by atoms with E-state index in [1.165, 1.54) is 12.1 Å². The third-order valence-corrected chi connectivity index (χ3v) is 5.37. The van der Waals surface area contributed by atoms with Crippen molar-refractivity contribution < 1.29 is 18.7 Å². The Labute approximate surface area is 189 Å². The number of rotatable bonds is 7. The first-order chi connectivity index (χ1) is 15.5. The van der Waals surface area contributed by atoms with Gasteiger partial charge < -0.3 is 9.64 Å². The highest BCUT2D eigenvalue weighted by Gasteiger charge is 2.35. The van der Waals surface area contributed by atoms with Crippen LogP contribution < -0.4 is 20.5 Å². The topological polar surface area (TPSA) is 70.7 Å². The Morgan fingerprint density at radius 2 is 1.84 bits per heavy atom. The monoisotopic (exact) mass is 453 g/mol. The fraction of sp³-hybridized carbons (Fsp3) is 0.167. The van der Waals surface area contributed by atoms with Gasteiger partial charge in [-0.3, -0.25) is 20.4 Å². The van der Waals surface area contributed by atoms with Crippen LogP contribution in [0.2, 0.25) is 5.02 Å². The van der Waals surface area contributed by atoms with E-state index in [9.17, 15) is 14.0 Å². The van der Waals surface area contributed by atoms with Gasteiger partial charge in [-0.1, -0.05) is 29.8 Å². The number of amides is 2. The van der Waals surface area contributed by atoms with E-state index in [1.54, 1.807) is 65.6 Å². The second-order valence-electron chi connectivity index (χ2n) is 7.44. The predicted octanol–water partition coefficient (Wildman–Crippen LogP) is 4.55. The average Bonchev–Trinajstić information content (AvgIpc) is 3.19. The van der Waals surface area contributed by atoms with Crippen LogP contribution in [0.1, 0.15) is 12.0 Å². The molecule has 8 heteroatoms. The first-order valence-electron chi connectivity index (χ1n) is 10.1. The maximum atomic E-state index is 13.0. The van der Waals surface area contributed by atoms with Crippen molar-refractivity contribution in [3.63, 3.8) is 0 Å². The van der Waals surface area contributed by atoms with E-state index in [0.717, 1.165) is 5.56 Å². The molecule has 1 aliphatic heterocycles. The SMILES string of the molecule is O=C(NNc1cccc(OCc2ccc(F)cc2)c1)[C@H]1CC(=O)N(c2ccc(Cl)cc2)C1. The van der Waals surface area contributed by atoms with Crippen LogP contribution in [-0.4, -0.2) is 18.4 Å². The molecule has 1 aliphatic rings. The molecule has 0 unspecified atom stereocenters. The number of ether oxygens (including phenoxy) is 1. The van der Waals surface area contributed by atoms with Crippen molar-refractivity contribution in [1.29, 1.82) is 0 Å².